The van der Waals surface area contributed by atoms with Crippen molar-refractivity contribution in [3.63, 3.8) is 0 Å². The van der Waals surface area contributed by atoms with Crippen LogP contribution in [0.1, 0.15) is 50.3 Å². The SMILES string of the molecule is CC(C)Sc1nnc(N2C(=O)C[C@@H](c3cccs3)C3=C2CCCC3=O)s1. The molecule has 0 N–H and O–H groups in total. The third-order valence-electron chi connectivity index (χ3n) is 4.49. The third kappa shape index (κ3) is 3.25. The molecule has 2 aliphatic rings. The fraction of sp³-hybridized carbons (Fsp3) is 0.444. The Bertz CT molecular complexity index is 870. The molecule has 8 heteroatoms. The van der Waals surface area contributed by atoms with Gasteiger partial charge in [-0.2, -0.15) is 0 Å². The summed E-state index contributed by atoms with van der Waals surface area (Å²) in [5.74, 6) is 0.0662. The third-order valence-corrected chi connectivity index (χ3v) is 7.47. The van der Waals surface area contributed by atoms with Crippen LogP contribution >= 0.6 is 34.4 Å². The Morgan fingerprint density at radius 3 is 2.85 bits per heavy atom. The molecule has 26 heavy (non-hydrogen) atoms. The van der Waals surface area contributed by atoms with E-state index in [0.717, 1.165) is 33.3 Å². The van der Waals surface area contributed by atoms with Crippen molar-refractivity contribution in [3.05, 3.63) is 33.7 Å². The first kappa shape index (κ1) is 17.9. The van der Waals surface area contributed by atoms with Crippen LogP contribution < -0.4 is 4.90 Å². The molecule has 0 fully saturated rings. The molecule has 2 aromatic rings. The van der Waals surface area contributed by atoms with Crippen molar-refractivity contribution in [2.45, 2.75) is 55.0 Å². The highest BCUT2D eigenvalue weighted by Gasteiger charge is 2.41. The van der Waals surface area contributed by atoms with Crippen LogP contribution in [0.2, 0.25) is 0 Å². The molecule has 2 aromatic heterocycles. The number of hydrogen-bond acceptors (Lipinski definition) is 7. The van der Waals surface area contributed by atoms with E-state index in [-0.39, 0.29) is 17.6 Å². The molecule has 0 aromatic carbocycles. The van der Waals surface area contributed by atoms with Crippen LogP contribution in [-0.4, -0.2) is 27.1 Å². The average Bonchev–Trinajstić information content (AvgIpc) is 3.25. The summed E-state index contributed by atoms with van der Waals surface area (Å²) in [5.41, 5.74) is 1.65. The van der Waals surface area contributed by atoms with Gasteiger partial charge in [-0.3, -0.25) is 14.5 Å². The molecule has 0 saturated heterocycles. The summed E-state index contributed by atoms with van der Waals surface area (Å²) >= 11 is 4.68. The molecule has 0 saturated carbocycles. The second kappa shape index (κ2) is 7.25. The number of thioether (sulfide) groups is 1. The molecule has 1 aliphatic heterocycles. The smallest absolute Gasteiger partial charge is 0.234 e. The predicted molar refractivity (Wildman–Crippen MR) is 106 cm³/mol. The monoisotopic (exact) mass is 405 g/mol. The van der Waals surface area contributed by atoms with Crippen LogP contribution in [0, 0.1) is 0 Å². The molecule has 0 radical (unpaired) electrons. The second-order valence-electron chi connectivity index (χ2n) is 6.66. The first-order valence-corrected chi connectivity index (χ1v) is 11.2. The van der Waals surface area contributed by atoms with Crippen LogP contribution in [0.4, 0.5) is 5.13 Å². The summed E-state index contributed by atoms with van der Waals surface area (Å²) in [6.07, 6.45) is 2.40. The quantitative estimate of drug-likeness (QED) is 0.548. The van der Waals surface area contributed by atoms with Crippen molar-refractivity contribution < 1.29 is 9.59 Å². The number of allylic oxidation sites excluding steroid dienone is 2. The Hall–Kier alpha value is -1.51. The second-order valence-corrected chi connectivity index (χ2v) is 10.4. The van der Waals surface area contributed by atoms with Crippen molar-refractivity contribution in [1.29, 1.82) is 0 Å². The number of amides is 1. The molecule has 1 aliphatic carbocycles. The van der Waals surface area contributed by atoms with E-state index in [0.29, 0.717) is 23.2 Å². The lowest BCUT2D eigenvalue weighted by atomic mass is 9.80. The van der Waals surface area contributed by atoms with Gasteiger partial charge in [-0.05, 0) is 24.3 Å². The van der Waals surface area contributed by atoms with Gasteiger partial charge in [-0.1, -0.05) is 43.0 Å². The summed E-state index contributed by atoms with van der Waals surface area (Å²) in [7, 11) is 0. The minimum Gasteiger partial charge on any atom is -0.294 e. The fourth-order valence-corrected chi connectivity index (χ4v) is 6.43. The van der Waals surface area contributed by atoms with Crippen LogP contribution in [0.15, 0.2) is 33.1 Å². The highest BCUT2D eigenvalue weighted by Crippen LogP contribution is 2.45. The highest BCUT2D eigenvalue weighted by atomic mass is 32.2. The van der Waals surface area contributed by atoms with Gasteiger partial charge in [-0.25, -0.2) is 0 Å². The van der Waals surface area contributed by atoms with E-state index < -0.39 is 0 Å². The van der Waals surface area contributed by atoms with Crippen LogP contribution in [0.25, 0.3) is 0 Å². The van der Waals surface area contributed by atoms with E-state index in [1.165, 1.54) is 11.3 Å². The fourth-order valence-electron chi connectivity index (χ4n) is 3.49. The zero-order chi connectivity index (χ0) is 18.3. The van der Waals surface area contributed by atoms with Crippen molar-refractivity contribution >= 4 is 51.3 Å². The number of nitrogens with zero attached hydrogens (tertiary/aromatic N) is 3. The van der Waals surface area contributed by atoms with E-state index in [9.17, 15) is 9.59 Å². The first-order valence-electron chi connectivity index (χ1n) is 8.67. The molecule has 0 unspecified atom stereocenters. The first-order chi connectivity index (χ1) is 12.5. The predicted octanol–water partition coefficient (Wildman–Crippen LogP) is 4.63. The molecule has 0 spiro atoms. The largest absolute Gasteiger partial charge is 0.294 e. The highest BCUT2D eigenvalue weighted by molar-refractivity contribution is 8.01. The van der Waals surface area contributed by atoms with Crippen LogP contribution in [-0.2, 0) is 9.59 Å². The van der Waals surface area contributed by atoms with Gasteiger partial charge in [0.1, 0.15) is 0 Å². The van der Waals surface area contributed by atoms with Crippen molar-refractivity contribution in [3.8, 4) is 0 Å². The van der Waals surface area contributed by atoms with Gasteiger partial charge in [0.2, 0.25) is 11.0 Å². The summed E-state index contributed by atoms with van der Waals surface area (Å²) in [5, 5.41) is 11.5. The maximum absolute atomic E-state index is 13.0. The number of aromatic nitrogens is 2. The van der Waals surface area contributed by atoms with Gasteiger partial charge < -0.3 is 0 Å². The Labute approximate surface area is 164 Å². The molecule has 1 atom stereocenters. The molecule has 1 amide bonds. The number of rotatable bonds is 4. The zero-order valence-electron chi connectivity index (χ0n) is 14.6. The van der Waals surface area contributed by atoms with E-state index in [2.05, 4.69) is 24.0 Å². The van der Waals surface area contributed by atoms with Crippen molar-refractivity contribution in [1.82, 2.24) is 10.2 Å². The number of thiophene rings is 1. The number of Topliss-reactive ketones (excluding diaryl/α,β-unsaturated/α-hetero) is 1. The topological polar surface area (TPSA) is 63.2 Å². The van der Waals surface area contributed by atoms with Gasteiger partial charge in [0, 0.05) is 40.2 Å². The Balaban J connectivity index is 1.77. The van der Waals surface area contributed by atoms with Gasteiger partial charge in [0.15, 0.2) is 10.1 Å². The lowest BCUT2D eigenvalue weighted by Gasteiger charge is -2.36. The summed E-state index contributed by atoms with van der Waals surface area (Å²) < 4.78 is 0.854. The molecule has 0 bridgehead atoms. The maximum Gasteiger partial charge on any atom is 0.234 e. The molecule has 136 valence electrons. The van der Waals surface area contributed by atoms with Gasteiger partial charge in [0.05, 0.1) is 0 Å². The number of hydrogen-bond donors (Lipinski definition) is 0. The molecule has 4 rings (SSSR count). The van der Waals surface area contributed by atoms with Crippen molar-refractivity contribution in [2.75, 3.05) is 4.90 Å². The maximum atomic E-state index is 13.0. The summed E-state index contributed by atoms with van der Waals surface area (Å²) in [6.45, 7) is 4.20. The van der Waals surface area contributed by atoms with E-state index in [4.69, 9.17) is 0 Å². The minimum absolute atomic E-state index is 0.00842. The van der Waals surface area contributed by atoms with Crippen LogP contribution in [0.3, 0.4) is 0 Å². The minimum atomic E-state index is -0.112. The van der Waals surface area contributed by atoms with Gasteiger partial charge in [0.25, 0.3) is 0 Å². The number of anilines is 1. The number of carbonyl (C=O) groups excluding carboxylic acids is 2. The zero-order valence-corrected chi connectivity index (χ0v) is 17.0. The molecule has 5 nitrogen and oxygen atoms in total. The number of ketones is 1. The lowest BCUT2D eigenvalue weighted by molar-refractivity contribution is -0.119. The average molecular weight is 406 g/mol. The summed E-state index contributed by atoms with van der Waals surface area (Å²) in [4.78, 5) is 28.5. The standard InChI is InChI=1S/C18H19N3O2S3/c1-10(2)25-18-20-19-17(26-18)21-12-5-3-6-13(22)16(12)11(9-15(21)23)14-7-4-8-24-14/h4,7-8,10-11H,3,5-6,9H2,1-2H3/t11-/m0/s1. The van der Waals surface area contributed by atoms with Gasteiger partial charge >= 0.3 is 0 Å². The van der Waals surface area contributed by atoms with E-state index in [1.54, 1.807) is 28.0 Å². The molecule has 3 heterocycles. The van der Waals surface area contributed by atoms with E-state index >= 15 is 0 Å². The Morgan fingerprint density at radius 2 is 2.12 bits per heavy atom. The normalized spacial score (nSPS) is 20.9. The van der Waals surface area contributed by atoms with Crippen LogP contribution in [0.5, 0.6) is 0 Å². The summed E-state index contributed by atoms with van der Waals surface area (Å²) in [6, 6.07) is 4.00. The molecular formula is C18H19N3O2S3. The lowest BCUT2D eigenvalue weighted by Crippen LogP contribution is -2.40. The van der Waals surface area contributed by atoms with Crippen molar-refractivity contribution in [2.24, 2.45) is 0 Å². The molecular weight excluding hydrogens is 386 g/mol. The Kier molecular flexibility index (Phi) is 4.98. The van der Waals surface area contributed by atoms with Gasteiger partial charge in [-0.15, -0.1) is 21.5 Å². The number of carbonyl (C=O) groups is 2. The van der Waals surface area contributed by atoms with E-state index in [1.807, 2.05) is 17.5 Å². The Morgan fingerprint density at radius 1 is 1.27 bits per heavy atom.